The number of methoxy groups -OCH3 is 1. The van der Waals surface area contributed by atoms with E-state index in [9.17, 15) is 9.59 Å². The highest BCUT2D eigenvalue weighted by Gasteiger charge is 2.08. The molecular formula is C20H18N4O3S2. The van der Waals surface area contributed by atoms with Crippen LogP contribution in [0.25, 0.3) is 16.3 Å². The van der Waals surface area contributed by atoms with Gasteiger partial charge in [0.1, 0.15) is 5.75 Å². The molecule has 2 aromatic carbocycles. The van der Waals surface area contributed by atoms with E-state index < -0.39 is 0 Å². The molecule has 9 heteroatoms. The molecule has 1 aromatic heterocycles. The smallest absolute Gasteiger partial charge is 0.250 e. The van der Waals surface area contributed by atoms with Crippen LogP contribution >= 0.6 is 23.6 Å². The van der Waals surface area contributed by atoms with E-state index in [2.05, 4.69) is 20.9 Å². The Hall–Kier alpha value is -3.30. The molecule has 0 aliphatic carbocycles. The highest BCUT2D eigenvalue weighted by molar-refractivity contribution is 7.80. The summed E-state index contributed by atoms with van der Waals surface area (Å²) in [6, 6.07) is 12.7. The monoisotopic (exact) mass is 426 g/mol. The Bertz CT molecular complexity index is 1090. The maximum atomic E-state index is 12.1. The number of aromatic nitrogens is 1. The number of fused-ring (bicyclic) bond motifs is 1. The Balaban J connectivity index is 1.58. The fourth-order valence-corrected chi connectivity index (χ4v) is 3.60. The molecule has 3 rings (SSSR count). The van der Waals surface area contributed by atoms with Gasteiger partial charge in [0.05, 0.1) is 17.3 Å². The Morgan fingerprint density at radius 1 is 1.14 bits per heavy atom. The molecule has 2 amide bonds. The normalized spacial score (nSPS) is 10.7. The van der Waals surface area contributed by atoms with Crippen LogP contribution in [0.2, 0.25) is 0 Å². The molecule has 3 N–H and O–H groups in total. The Kier molecular flexibility index (Phi) is 6.53. The minimum atomic E-state index is -0.354. The lowest BCUT2D eigenvalue weighted by Crippen LogP contribution is -2.32. The summed E-state index contributed by atoms with van der Waals surface area (Å²) >= 11 is 6.55. The number of nitrogens with zero attached hydrogens (tertiary/aromatic N) is 1. The molecule has 0 aliphatic heterocycles. The van der Waals surface area contributed by atoms with E-state index in [1.54, 1.807) is 19.3 Å². The predicted molar refractivity (Wildman–Crippen MR) is 120 cm³/mol. The number of rotatable bonds is 5. The van der Waals surface area contributed by atoms with Crippen molar-refractivity contribution in [3.63, 3.8) is 0 Å². The largest absolute Gasteiger partial charge is 0.497 e. The maximum absolute atomic E-state index is 12.1. The second-order valence-corrected chi connectivity index (χ2v) is 7.37. The number of thiazole rings is 1. The first kappa shape index (κ1) is 20.4. The summed E-state index contributed by atoms with van der Waals surface area (Å²) in [5, 5.41) is 8.91. The Morgan fingerprint density at radius 2 is 1.90 bits per heavy atom. The van der Waals surface area contributed by atoms with Gasteiger partial charge < -0.3 is 15.4 Å². The molecule has 0 radical (unpaired) electrons. The highest BCUT2D eigenvalue weighted by atomic mass is 32.1. The number of carbonyl (C=O) groups is 2. The molecule has 7 nitrogen and oxygen atoms in total. The van der Waals surface area contributed by atoms with E-state index in [0.717, 1.165) is 21.5 Å². The van der Waals surface area contributed by atoms with Crippen molar-refractivity contribution in [3.8, 4) is 5.75 Å². The quantitative estimate of drug-likeness (QED) is 0.425. The minimum absolute atomic E-state index is 0.140. The topological polar surface area (TPSA) is 92.3 Å². The number of amides is 2. The van der Waals surface area contributed by atoms with Crippen LogP contribution in [0.1, 0.15) is 12.5 Å². The number of thiocarbonyl (C=S) groups is 1. The van der Waals surface area contributed by atoms with Crippen LogP contribution in [0.15, 0.2) is 48.5 Å². The van der Waals surface area contributed by atoms with Crippen molar-refractivity contribution >= 4 is 67.6 Å². The van der Waals surface area contributed by atoms with Crippen LogP contribution in [-0.4, -0.2) is 29.0 Å². The van der Waals surface area contributed by atoms with Gasteiger partial charge in [-0.25, -0.2) is 4.98 Å². The third kappa shape index (κ3) is 5.84. The second-order valence-electron chi connectivity index (χ2n) is 5.93. The molecular weight excluding hydrogens is 408 g/mol. The van der Waals surface area contributed by atoms with Gasteiger partial charge in [-0.1, -0.05) is 23.5 Å². The van der Waals surface area contributed by atoms with Gasteiger partial charge >= 0.3 is 0 Å². The second kappa shape index (κ2) is 9.26. The summed E-state index contributed by atoms with van der Waals surface area (Å²) in [5.41, 5.74) is 2.32. The molecule has 0 bridgehead atoms. The zero-order valence-corrected chi connectivity index (χ0v) is 17.3. The summed E-state index contributed by atoms with van der Waals surface area (Å²) in [4.78, 5) is 27.6. The van der Waals surface area contributed by atoms with Crippen molar-refractivity contribution < 1.29 is 14.3 Å². The van der Waals surface area contributed by atoms with Crippen molar-refractivity contribution in [3.05, 3.63) is 54.1 Å². The van der Waals surface area contributed by atoms with Crippen molar-refractivity contribution in [2.45, 2.75) is 6.92 Å². The van der Waals surface area contributed by atoms with Crippen LogP contribution in [0.5, 0.6) is 5.75 Å². The maximum Gasteiger partial charge on any atom is 0.250 e. The Morgan fingerprint density at radius 3 is 2.59 bits per heavy atom. The van der Waals surface area contributed by atoms with Crippen LogP contribution < -0.4 is 20.7 Å². The van der Waals surface area contributed by atoms with Gasteiger partial charge in [0, 0.05) is 18.7 Å². The fourth-order valence-electron chi connectivity index (χ4n) is 2.43. The number of ether oxygens (including phenoxy) is 1. The SMILES string of the molecule is COc1ccc(/C=C/C(=O)NC(=S)Nc2nc3ccc(NC(C)=O)cc3s2)cc1. The van der Waals surface area contributed by atoms with Gasteiger partial charge in [-0.05, 0) is 54.2 Å². The zero-order valence-electron chi connectivity index (χ0n) is 15.7. The molecule has 148 valence electrons. The van der Waals surface area contributed by atoms with E-state index in [1.165, 1.54) is 24.3 Å². The third-order valence-corrected chi connectivity index (χ3v) is 4.85. The number of anilines is 2. The number of hydrogen-bond acceptors (Lipinski definition) is 6. The van der Waals surface area contributed by atoms with Crippen LogP contribution in [0.3, 0.4) is 0 Å². The number of hydrogen-bond donors (Lipinski definition) is 3. The molecule has 3 aromatic rings. The van der Waals surface area contributed by atoms with Gasteiger partial charge in [-0.15, -0.1) is 0 Å². The standard InChI is InChI=1S/C20H18N4O3S2/c1-12(25)21-14-6-9-16-17(11-14)29-20(22-16)24-19(28)23-18(26)10-5-13-3-7-15(27-2)8-4-13/h3-11H,1-2H3,(H,21,25)(H2,22,23,24,26,28)/b10-5+. The first-order chi connectivity index (χ1) is 13.9. The first-order valence-electron chi connectivity index (χ1n) is 8.55. The molecule has 0 saturated heterocycles. The molecule has 0 atom stereocenters. The Labute approximate surface area is 176 Å². The van der Waals surface area contributed by atoms with Crippen LogP contribution in [0.4, 0.5) is 10.8 Å². The van der Waals surface area contributed by atoms with E-state index in [1.807, 2.05) is 36.4 Å². The van der Waals surface area contributed by atoms with Gasteiger partial charge in [0.15, 0.2) is 10.2 Å². The average molecular weight is 427 g/mol. The third-order valence-electron chi connectivity index (χ3n) is 3.71. The lowest BCUT2D eigenvalue weighted by molar-refractivity contribution is -0.115. The summed E-state index contributed by atoms with van der Waals surface area (Å²) in [7, 11) is 1.60. The van der Waals surface area contributed by atoms with Gasteiger partial charge in [-0.3, -0.25) is 14.9 Å². The summed E-state index contributed by atoms with van der Waals surface area (Å²) in [5.74, 6) is 0.253. The molecule has 0 saturated carbocycles. The van der Waals surface area contributed by atoms with Crippen molar-refractivity contribution in [2.75, 3.05) is 17.7 Å². The average Bonchev–Trinajstić information content (AvgIpc) is 3.07. The zero-order chi connectivity index (χ0) is 20.8. The van der Waals surface area contributed by atoms with Crippen molar-refractivity contribution in [1.82, 2.24) is 10.3 Å². The van der Waals surface area contributed by atoms with Crippen molar-refractivity contribution in [1.29, 1.82) is 0 Å². The van der Waals surface area contributed by atoms with E-state index in [0.29, 0.717) is 10.8 Å². The van der Waals surface area contributed by atoms with Gasteiger partial charge in [0.2, 0.25) is 11.8 Å². The van der Waals surface area contributed by atoms with E-state index in [-0.39, 0.29) is 16.9 Å². The fraction of sp³-hybridized carbons (Fsp3) is 0.100. The van der Waals surface area contributed by atoms with E-state index in [4.69, 9.17) is 17.0 Å². The molecule has 0 unspecified atom stereocenters. The van der Waals surface area contributed by atoms with Crippen LogP contribution in [0, 0.1) is 0 Å². The predicted octanol–water partition coefficient (Wildman–Crippen LogP) is 3.79. The summed E-state index contributed by atoms with van der Waals surface area (Å²) < 4.78 is 5.98. The van der Waals surface area contributed by atoms with E-state index >= 15 is 0 Å². The summed E-state index contributed by atoms with van der Waals surface area (Å²) in [6.45, 7) is 1.45. The molecule has 0 aliphatic rings. The van der Waals surface area contributed by atoms with Gasteiger partial charge in [0.25, 0.3) is 0 Å². The first-order valence-corrected chi connectivity index (χ1v) is 9.78. The molecule has 0 spiro atoms. The number of carbonyl (C=O) groups excluding carboxylic acids is 2. The lowest BCUT2D eigenvalue weighted by Gasteiger charge is -2.04. The molecule has 1 heterocycles. The molecule has 29 heavy (non-hydrogen) atoms. The van der Waals surface area contributed by atoms with Crippen molar-refractivity contribution in [2.24, 2.45) is 0 Å². The summed E-state index contributed by atoms with van der Waals surface area (Å²) in [6.07, 6.45) is 3.08. The number of benzene rings is 2. The highest BCUT2D eigenvalue weighted by Crippen LogP contribution is 2.28. The minimum Gasteiger partial charge on any atom is -0.497 e. The molecule has 0 fully saturated rings. The lowest BCUT2D eigenvalue weighted by atomic mass is 10.2. The van der Waals surface area contributed by atoms with Gasteiger partial charge in [-0.2, -0.15) is 0 Å². The number of nitrogens with one attached hydrogen (secondary N) is 3. The van der Waals surface area contributed by atoms with Crippen LogP contribution in [-0.2, 0) is 9.59 Å².